The number of hydrogen-bond donors (Lipinski definition) is 2. The van der Waals surface area contributed by atoms with Crippen LogP contribution in [0.3, 0.4) is 0 Å². The van der Waals surface area contributed by atoms with Gasteiger partial charge in [-0.25, -0.2) is 15.3 Å². The molecule has 0 spiro atoms. The number of fused-ring (bicyclic) bond motifs is 1. The smallest absolute Gasteiger partial charge is 0.239 e. The van der Waals surface area contributed by atoms with Crippen molar-refractivity contribution in [3.63, 3.8) is 0 Å². The zero-order chi connectivity index (χ0) is 27.7. The molecule has 9 rings (SSSR count). The van der Waals surface area contributed by atoms with Gasteiger partial charge in [0.15, 0.2) is 0 Å². The molecule has 3 aliphatic carbocycles. The van der Waals surface area contributed by atoms with E-state index in [-0.39, 0.29) is 17.7 Å². The standard InChI is InChI=1S/C33H25N5O3/c1-41-26-17-9-8-16-25(26)38-30(39)28-27-19-10-2-4-12-21(19)33(29(28)31(38)40,22-13-5-3-11-20(22)27)18-34-37-32-35-23-14-6-7-15-24(23)36-32/h2-18,27-29H,1H3,(H2,35,36,37)/b34-18-/t27?,28-,29-,33?/m1/s1. The number of rotatable bonds is 5. The summed E-state index contributed by atoms with van der Waals surface area (Å²) in [6, 6.07) is 31.1. The Bertz CT molecular complexity index is 1830. The fourth-order valence-corrected chi connectivity index (χ4v) is 7.30. The lowest BCUT2D eigenvalue weighted by Crippen LogP contribution is -2.54. The van der Waals surface area contributed by atoms with Crippen molar-refractivity contribution in [1.82, 2.24) is 9.97 Å². The number of imide groups is 1. The van der Waals surface area contributed by atoms with Crippen molar-refractivity contribution < 1.29 is 14.3 Å². The first-order valence-corrected chi connectivity index (χ1v) is 13.6. The van der Waals surface area contributed by atoms with E-state index in [1.165, 1.54) is 4.90 Å². The van der Waals surface area contributed by atoms with E-state index in [4.69, 9.17) is 9.84 Å². The number of carbonyl (C=O) groups is 2. The van der Waals surface area contributed by atoms with Gasteiger partial charge < -0.3 is 9.72 Å². The summed E-state index contributed by atoms with van der Waals surface area (Å²) in [6.45, 7) is 0. The van der Waals surface area contributed by atoms with E-state index in [1.54, 1.807) is 19.2 Å². The van der Waals surface area contributed by atoms with Crippen LogP contribution in [-0.2, 0) is 15.0 Å². The number of hydrogen-bond acceptors (Lipinski definition) is 6. The number of amides is 2. The lowest BCUT2D eigenvalue weighted by Gasteiger charge is -2.52. The largest absolute Gasteiger partial charge is 0.495 e. The molecule has 2 N–H and O–H groups in total. The lowest BCUT2D eigenvalue weighted by atomic mass is 9.47. The van der Waals surface area contributed by atoms with Gasteiger partial charge in [0.25, 0.3) is 0 Å². The molecule has 41 heavy (non-hydrogen) atoms. The minimum atomic E-state index is -0.977. The molecule has 0 unspecified atom stereocenters. The fraction of sp³-hybridized carbons (Fsp3) is 0.152. The molecule has 0 radical (unpaired) electrons. The number of carbonyl (C=O) groups excluding carboxylic acids is 2. The van der Waals surface area contributed by atoms with Crippen LogP contribution in [0.15, 0.2) is 102 Å². The van der Waals surface area contributed by atoms with Gasteiger partial charge in [-0.15, -0.1) is 0 Å². The van der Waals surface area contributed by atoms with Crippen molar-refractivity contribution in [3.05, 3.63) is 119 Å². The van der Waals surface area contributed by atoms with E-state index in [1.807, 2.05) is 66.9 Å². The number of H-pyrrole nitrogens is 1. The molecule has 2 heterocycles. The second-order valence-corrected chi connectivity index (χ2v) is 10.7. The van der Waals surface area contributed by atoms with E-state index in [9.17, 15) is 9.59 Å². The Balaban J connectivity index is 1.32. The number of ether oxygens (including phenoxy) is 1. The Labute approximate surface area is 235 Å². The maximum absolute atomic E-state index is 14.5. The van der Waals surface area contributed by atoms with Crippen LogP contribution in [-0.4, -0.2) is 35.1 Å². The minimum Gasteiger partial charge on any atom is -0.495 e. The summed E-state index contributed by atoms with van der Waals surface area (Å²) in [6.07, 6.45) is 1.81. The van der Waals surface area contributed by atoms with Gasteiger partial charge in [-0.1, -0.05) is 72.8 Å². The van der Waals surface area contributed by atoms with Crippen molar-refractivity contribution in [1.29, 1.82) is 0 Å². The second-order valence-electron chi connectivity index (χ2n) is 10.7. The average Bonchev–Trinajstić information content (AvgIpc) is 3.55. The van der Waals surface area contributed by atoms with Gasteiger partial charge in [-0.2, -0.15) is 5.10 Å². The first-order valence-electron chi connectivity index (χ1n) is 13.6. The highest BCUT2D eigenvalue weighted by atomic mass is 16.5. The molecular weight excluding hydrogens is 514 g/mol. The molecule has 8 nitrogen and oxygen atoms in total. The Morgan fingerprint density at radius 3 is 2.27 bits per heavy atom. The van der Waals surface area contributed by atoms with Gasteiger partial charge in [-0.05, 0) is 46.5 Å². The summed E-state index contributed by atoms with van der Waals surface area (Å²) in [5.74, 6) is -1.03. The third-order valence-electron chi connectivity index (χ3n) is 8.84. The molecular formula is C33H25N5O3. The Morgan fingerprint density at radius 2 is 1.54 bits per heavy atom. The van der Waals surface area contributed by atoms with Crippen LogP contribution in [0.25, 0.3) is 11.0 Å². The third kappa shape index (κ3) is 3.10. The van der Waals surface area contributed by atoms with Crippen LogP contribution in [0.1, 0.15) is 28.2 Å². The van der Waals surface area contributed by atoms with Crippen LogP contribution in [0.4, 0.5) is 11.6 Å². The van der Waals surface area contributed by atoms with Crippen LogP contribution < -0.4 is 15.1 Å². The topological polar surface area (TPSA) is 99.7 Å². The summed E-state index contributed by atoms with van der Waals surface area (Å²) in [7, 11) is 1.55. The van der Waals surface area contributed by atoms with Crippen molar-refractivity contribution >= 4 is 40.7 Å². The number of anilines is 2. The van der Waals surface area contributed by atoms with E-state index in [0.29, 0.717) is 17.4 Å². The number of hydrazone groups is 1. The number of imidazole rings is 1. The van der Waals surface area contributed by atoms with Gasteiger partial charge in [0.05, 0.1) is 41.1 Å². The first-order chi connectivity index (χ1) is 20.1. The molecule has 4 aliphatic rings. The molecule has 0 saturated carbocycles. The quantitative estimate of drug-likeness (QED) is 0.181. The van der Waals surface area contributed by atoms with Gasteiger partial charge in [-0.3, -0.25) is 9.59 Å². The van der Waals surface area contributed by atoms with E-state index < -0.39 is 17.3 Å². The predicted molar refractivity (Wildman–Crippen MR) is 156 cm³/mol. The number of para-hydroxylation sites is 4. The van der Waals surface area contributed by atoms with Gasteiger partial charge in [0, 0.05) is 12.1 Å². The van der Waals surface area contributed by atoms with E-state index >= 15 is 0 Å². The molecule has 2 amide bonds. The maximum atomic E-state index is 14.5. The number of aromatic amines is 1. The number of aromatic nitrogens is 2. The van der Waals surface area contributed by atoms with Crippen molar-refractivity contribution in [2.24, 2.45) is 16.9 Å². The third-order valence-corrected chi connectivity index (χ3v) is 8.84. The number of nitrogens with one attached hydrogen (secondary N) is 2. The summed E-state index contributed by atoms with van der Waals surface area (Å²) in [4.78, 5) is 38.0. The van der Waals surface area contributed by atoms with Crippen LogP contribution in [0, 0.1) is 11.8 Å². The van der Waals surface area contributed by atoms with Crippen LogP contribution in [0.2, 0.25) is 0 Å². The summed E-state index contributed by atoms with van der Waals surface area (Å²) in [5, 5.41) is 4.70. The molecule has 8 heteroatoms. The lowest BCUT2D eigenvalue weighted by molar-refractivity contribution is -0.122. The molecule has 200 valence electrons. The number of benzene rings is 4. The number of methoxy groups -OCH3 is 1. The highest BCUT2D eigenvalue weighted by molar-refractivity contribution is 6.25. The molecule has 1 aliphatic heterocycles. The van der Waals surface area contributed by atoms with Gasteiger partial charge >= 0.3 is 0 Å². The Hall–Kier alpha value is -5.24. The summed E-state index contributed by atoms with van der Waals surface area (Å²) >= 11 is 0. The molecule has 1 aromatic heterocycles. The first kappa shape index (κ1) is 23.6. The van der Waals surface area contributed by atoms with Gasteiger partial charge in [0.1, 0.15) is 5.75 Å². The predicted octanol–water partition coefficient (Wildman–Crippen LogP) is 5.22. The SMILES string of the molecule is COc1ccccc1N1C(=O)[C@@H]2C3c4ccccc4C(/C=N\Nc4nc5ccccc5[nH]4)(c4ccccc43)[C@H]2C1=O. The van der Waals surface area contributed by atoms with Crippen LogP contribution >= 0.6 is 0 Å². The van der Waals surface area contributed by atoms with E-state index in [0.717, 1.165) is 33.3 Å². The fourth-order valence-electron chi connectivity index (χ4n) is 7.30. The molecule has 2 atom stereocenters. The molecule has 4 aromatic carbocycles. The highest BCUT2D eigenvalue weighted by Gasteiger charge is 2.68. The van der Waals surface area contributed by atoms with Crippen molar-refractivity contribution in [2.75, 3.05) is 17.4 Å². The average molecular weight is 540 g/mol. The zero-order valence-electron chi connectivity index (χ0n) is 22.1. The Morgan fingerprint density at radius 1 is 0.878 bits per heavy atom. The second kappa shape index (κ2) is 8.63. The van der Waals surface area contributed by atoms with Gasteiger partial charge in [0.2, 0.25) is 17.8 Å². The maximum Gasteiger partial charge on any atom is 0.239 e. The molecule has 2 bridgehead atoms. The zero-order valence-corrected chi connectivity index (χ0v) is 22.1. The summed E-state index contributed by atoms with van der Waals surface area (Å²) < 4.78 is 5.57. The molecule has 1 saturated heterocycles. The van der Waals surface area contributed by atoms with Crippen LogP contribution in [0.5, 0.6) is 5.75 Å². The monoisotopic (exact) mass is 539 g/mol. The summed E-state index contributed by atoms with van der Waals surface area (Å²) in [5.41, 5.74) is 8.32. The molecule has 1 fully saturated rings. The highest BCUT2D eigenvalue weighted by Crippen LogP contribution is 2.64. The normalized spacial score (nSPS) is 24.0. The van der Waals surface area contributed by atoms with Crippen molar-refractivity contribution in [2.45, 2.75) is 11.3 Å². The minimum absolute atomic E-state index is 0.221. The molecule has 5 aromatic rings. The number of nitrogens with zero attached hydrogens (tertiary/aromatic N) is 3. The van der Waals surface area contributed by atoms with E-state index in [2.05, 4.69) is 39.7 Å². The Kier molecular flexibility index (Phi) is 4.97. The van der Waals surface area contributed by atoms with Crippen molar-refractivity contribution in [3.8, 4) is 5.75 Å².